The third kappa shape index (κ3) is 6.96. The normalized spacial score (nSPS) is 20.7. The summed E-state index contributed by atoms with van der Waals surface area (Å²) >= 11 is 0. The number of fused-ring (bicyclic) bond motifs is 1. The zero-order valence-corrected chi connectivity index (χ0v) is 27.6. The molecule has 248 valence electrons. The van der Waals surface area contributed by atoms with E-state index in [0.717, 1.165) is 56.3 Å². The third-order valence-electron chi connectivity index (χ3n) is 8.81. The lowest BCUT2D eigenvalue weighted by Crippen LogP contribution is -2.30. The van der Waals surface area contributed by atoms with E-state index in [-0.39, 0.29) is 28.8 Å². The first-order valence-electron chi connectivity index (χ1n) is 15.6. The summed E-state index contributed by atoms with van der Waals surface area (Å²) in [5, 5.41) is 8.78. The van der Waals surface area contributed by atoms with Crippen LogP contribution >= 0.6 is 0 Å². The number of benzene rings is 1. The molecule has 2 aliphatic heterocycles. The maximum atomic E-state index is 14.3. The molecule has 0 unspecified atom stereocenters. The van der Waals surface area contributed by atoms with Crippen LogP contribution in [-0.4, -0.2) is 66.7 Å². The number of aliphatic imine (C=N–C) groups is 1. The first-order chi connectivity index (χ1) is 21.1. The Morgan fingerprint density at radius 3 is 2.42 bits per heavy atom. The number of piperidine rings is 1. The highest BCUT2D eigenvalue weighted by Crippen LogP contribution is 2.45. The summed E-state index contributed by atoms with van der Waals surface area (Å²) < 4.78 is 76.9. The quantitative estimate of drug-likeness (QED) is 0.227. The first kappa shape index (κ1) is 33.1. The number of rotatable bonds is 9. The summed E-state index contributed by atoms with van der Waals surface area (Å²) in [7, 11) is -1.81. The van der Waals surface area contributed by atoms with Gasteiger partial charge in [-0.1, -0.05) is 6.92 Å². The Balaban J connectivity index is 1.53. The SMILES string of the molecule is CC/C(=C(\N=C(N)Nc1cc(C)c(C2CCN(C)CC2)c2c1O[C@H](C)C2)Nc1cn(C2CC2)nc1S(=O)(=O)C(C)C)C(F)(F)F. The summed E-state index contributed by atoms with van der Waals surface area (Å²) in [6.07, 6.45) is 0.612. The smallest absolute Gasteiger partial charge is 0.416 e. The molecule has 4 N–H and O–H groups in total. The first-order valence-corrected chi connectivity index (χ1v) is 17.2. The third-order valence-corrected chi connectivity index (χ3v) is 10.9. The monoisotopic (exact) mass is 651 g/mol. The number of halogens is 3. The van der Waals surface area contributed by atoms with E-state index in [9.17, 15) is 21.6 Å². The number of guanidine groups is 1. The van der Waals surface area contributed by atoms with Gasteiger partial charge in [0, 0.05) is 12.0 Å². The molecule has 3 heterocycles. The molecule has 0 bridgehead atoms. The second kappa shape index (κ2) is 12.5. The Morgan fingerprint density at radius 2 is 1.84 bits per heavy atom. The highest BCUT2D eigenvalue weighted by molar-refractivity contribution is 7.92. The molecular formula is C31H44F3N7O3S. The van der Waals surface area contributed by atoms with Gasteiger partial charge < -0.3 is 26.0 Å². The lowest BCUT2D eigenvalue weighted by Gasteiger charge is -2.31. The highest BCUT2D eigenvalue weighted by Gasteiger charge is 2.38. The van der Waals surface area contributed by atoms with Gasteiger partial charge in [0.25, 0.3) is 0 Å². The van der Waals surface area contributed by atoms with Gasteiger partial charge in [-0.2, -0.15) is 23.3 Å². The van der Waals surface area contributed by atoms with Crippen LogP contribution in [0.4, 0.5) is 24.5 Å². The molecule has 0 amide bonds. The Kier molecular flexibility index (Phi) is 9.20. The predicted molar refractivity (Wildman–Crippen MR) is 170 cm³/mol. The minimum Gasteiger partial charge on any atom is -0.488 e. The molecule has 1 aromatic heterocycles. The number of hydrogen-bond donors (Lipinski definition) is 3. The maximum absolute atomic E-state index is 14.3. The number of anilines is 2. The van der Waals surface area contributed by atoms with Crippen LogP contribution < -0.4 is 21.1 Å². The number of ether oxygens (including phenoxy) is 1. The fraction of sp³-hybridized carbons (Fsp3) is 0.613. The Bertz CT molecular complexity index is 1600. The van der Waals surface area contributed by atoms with Crippen LogP contribution in [0.25, 0.3) is 0 Å². The van der Waals surface area contributed by atoms with E-state index < -0.39 is 39.1 Å². The molecule has 2 fully saturated rings. The molecule has 0 radical (unpaired) electrons. The molecule has 3 aliphatic rings. The molecule has 14 heteroatoms. The van der Waals surface area contributed by atoms with E-state index in [2.05, 4.69) is 32.7 Å². The van der Waals surface area contributed by atoms with Gasteiger partial charge in [0.05, 0.1) is 34.4 Å². The second-order valence-corrected chi connectivity index (χ2v) is 15.2. The minimum atomic E-state index is -4.75. The number of aromatic nitrogens is 2. The van der Waals surface area contributed by atoms with Gasteiger partial charge in [0.1, 0.15) is 17.7 Å². The Labute approximate surface area is 263 Å². The van der Waals surface area contributed by atoms with Crippen molar-refractivity contribution in [2.24, 2.45) is 10.7 Å². The van der Waals surface area contributed by atoms with Crippen LogP contribution in [0.1, 0.15) is 88.4 Å². The van der Waals surface area contributed by atoms with E-state index in [0.29, 0.717) is 17.4 Å². The van der Waals surface area contributed by atoms with Gasteiger partial charge >= 0.3 is 6.18 Å². The average molecular weight is 652 g/mol. The van der Waals surface area contributed by atoms with Crippen LogP contribution in [0, 0.1) is 6.92 Å². The molecule has 45 heavy (non-hydrogen) atoms. The highest BCUT2D eigenvalue weighted by atomic mass is 32.2. The number of likely N-dealkylation sites (tertiary alicyclic amines) is 1. The zero-order valence-electron chi connectivity index (χ0n) is 26.8. The lowest BCUT2D eigenvalue weighted by molar-refractivity contribution is -0.0943. The zero-order chi connectivity index (χ0) is 32.8. The summed E-state index contributed by atoms with van der Waals surface area (Å²) in [5.41, 5.74) is 9.21. The topological polar surface area (TPSA) is 127 Å². The molecule has 1 saturated carbocycles. The van der Waals surface area contributed by atoms with Gasteiger partial charge in [-0.3, -0.25) is 4.68 Å². The molecule has 1 atom stereocenters. The van der Waals surface area contributed by atoms with Gasteiger partial charge in [-0.25, -0.2) is 8.42 Å². The number of alkyl halides is 3. The van der Waals surface area contributed by atoms with Gasteiger partial charge in [0.15, 0.2) is 5.96 Å². The van der Waals surface area contributed by atoms with Crippen LogP contribution in [0.2, 0.25) is 0 Å². The van der Waals surface area contributed by atoms with Crippen LogP contribution in [0.5, 0.6) is 5.75 Å². The molecule has 5 rings (SSSR count). The lowest BCUT2D eigenvalue weighted by atomic mass is 9.82. The van der Waals surface area contributed by atoms with Crippen LogP contribution in [-0.2, 0) is 16.3 Å². The Hall–Kier alpha value is -3.26. The van der Waals surface area contributed by atoms with Crippen molar-refractivity contribution in [3.8, 4) is 5.75 Å². The molecular weight excluding hydrogens is 607 g/mol. The predicted octanol–water partition coefficient (Wildman–Crippen LogP) is 5.86. The van der Waals surface area contributed by atoms with E-state index in [1.807, 2.05) is 19.9 Å². The van der Waals surface area contributed by atoms with Crippen molar-refractivity contribution in [3.05, 3.63) is 40.3 Å². The fourth-order valence-electron chi connectivity index (χ4n) is 6.22. The van der Waals surface area contributed by atoms with Crippen molar-refractivity contribution >= 4 is 27.2 Å². The largest absolute Gasteiger partial charge is 0.488 e. The Morgan fingerprint density at radius 1 is 1.18 bits per heavy atom. The summed E-state index contributed by atoms with van der Waals surface area (Å²) in [5.74, 6) is 0.138. The van der Waals surface area contributed by atoms with Gasteiger partial charge in [0.2, 0.25) is 14.9 Å². The van der Waals surface area contributed by atoms with E-state index in [1.54, 1.807) is 0 Å². The molecule has 1 aliphatic carbocycles. The number of hydrogen-bond acceptors (Lipinski definition) is 7. The van der Waals surface area contributed by atoms with Gasteiger partial charge in [-0.15, -0.1) is 0 Å². The molecule has 1 aromatic carbocycles. The molecule has 1 saturated heterocycles. The summed E-state index contributed by atoms with van der Waals surface area (Å²) in [6.45, 7) is 10.4. The van der Waals surface area contributed by atoms with Crippen molar-refractivity contribution in [3.63, 3.8) is 0 Å². The fourth-order valence-corrected chi connectivity index (χ4v) is 7.28. The van der Waals surface area contributed by atoms with Crippen molar-refractivity contribution < 1.29 is 26.3 Å². The number of allylic oxidation sites excluding steroid dienone is 1. The number of nitrogens with zero attached hydrogens (tertiary/aromatic N) is 4. The van der Waals surface area contributed by atoms with Crippen molar-refractivity contribution in [2.75, 3.05) is 30.8 Å². The van der Waals surface area contributed by atoms with E-state index >= 15 is 0 Å². The molecule has 10 nitrogen and oxygen atoms in total. The van der Waals surface area contributed by atoms with Crippen molar-refractivity contribution in [2.45, 2.75) is 108 Å². The van der Waals surface area contributed by atoms with Crippen LogP contribution in [0.15, 0.2) is 33.7 Å². The molecule has 0 spiro atoms. The van der Waals surface area contributed by atoms with E-state index in [1.165, 1.54) is 37.2 Å². The minimum absolute atomic E-state index is 0.00260. The van der Waals surface area contributed by atoms with Crippen molar-refractivity contribution in [1.29, 1.82) is 0 Å². The second-order valence-electron chi connectivity index (χ2n) is 12.8. The number of nitrogens with one attached hydrogen (secondary N) is 2. The van der Waals surface area contributed by atoms with Crippen LogP contribution in [0.3, 0.4) is 0 Å². The number of aryl methyl sites for hydroxylation is 1. The number of nitrogens with two attached hydrogens (primary N) is 1. The number of sulfone groups is 1. The molecule has 2 aromatic rings. The maximum Gasteiger partial charge on any atom is 0.416 e. The standard InChI is InChI=1S/C31H44F3N7O3S/c1-7-23(31(32,33)34)28(36-25-16-41(21-8-9-21)39-29(25)45(42,43)17(2)3)38-30(35)37-24-14-18(4)26(20-10-12-40(6)13-11-20)22-15-19(5)44-27(22)24/h14,16-17,19-21,36H,7-13,15H2,1-6H3,(H3,35,37,38)/b28-23+/t19-/m1/s1. The van der Waals surface area contributed by atoms with Gasteiger partial charge in [-0.05, 0) is 103 Å². The van der Waals surface area contributed by atoms with Crippen molar-refractivity contribution in [1.82, 2.24) is 14.7 Å². The summed E-state index contributed by atoms with van der Waals surface area (Å²) in [6, 6.07) is 1.92. The summed E-state index contributed by atoms with van der Waals surface area (Å²) in [4.78, 5) is 6.50. The average Bonchev–Trinajstić information content (AvgIpc) is 3.58. The van der Waals surface area contributed by atoms with E-state index in [4.69, 9.17) is 10.5 Å².